The minimum Gasteiger partial charge on any atom is -0.330 e. The van der Waals surface area contributed by atoms with Crippen LogP contribution in [0.5, 0.6) is 0 Å². The van der Waals surface area contributed by atoms with E-state index in [0.29, 0.717) is 5.92 Å². The van der Waals surface area contributed by atoms with E-state index in [9.17, 15) is 0 Å². The van der Waals surface area contributed by atoms with Crippen molar-refractivity contribution in [1.29, 1.82) is 0 Å². The van der Waals surface area contributed by atoms with E-state index in [2.05, 4.69) is 12.0 Å². The summed E-state index contributed by atoms with van der Waals surface area (Å²) in [5.41, 5.74) is 7.53. The number of aromatic nitrogens is 2. The summed E-state index contributed by atoms with van der Waals surface area (Å²) in [7, 11) is 1.93. The maximum atomic E-state index is 6.14. The van der Waals surface area contributed by atoms with E-state index < -0.39 is 0 Å². The Hall–Kier alpha value is -0.540. The summed E-state index contributed by atoms with van der Waals surface area (Å²) in [4.78, 5) is 0. The first-order valence-corrected chi connectivity index (χ1v) is 5.32. The first-order valence-electron chi connectivity index (χ1n) is 4.94. The molecule has 0 saturated heterocycles. The first kappa shape index (κ1) is 11.5. The van der Waals surface area contributed by atoms with Crippen LogP contribution in [0.4, 0.5) is 0 Å². The molecule has 80 valence electrons. The largest absolute Gasteiger partial charge is 0.330 e. The fourth-order valence-electron chi connectivity index (χ4n) is 1.62. The minimum atomic E-state index is 0.562. The highest BCUT2D eigenvalue weighted by Crippen LogP contribution is 2.22. The van der Waals surface area contributed by atoms with Crippen molar-refractivity contribution < 1.29 is 0 Å². The van der Waals surface area contributed by atoms with Crippen LogP contribution in [-0.2, 0) is 13.5 Å². The number of hydrogen-bond donors (Lipinski definition) is 1. The van der Waals surface area contributed by atoms with Crippen molar-refractivity contribution in [3.63, 3.8) is 0 Å². The average molecular weight is 216 g/mol. The van der Waals surface area contributed by atoms with Gasteiger partial charge in [0.1, 0.15) is 0 Å². The molecule has 4 heteroatoms. The van der Waals surface area contributed by atoms with Gasteiger partial charge in [-0.05, 0) is 32.2 Å². The van der Waals surface area contributed by atoms with Crippen LogP contribution in [0.2, 0.25) is 5.02 Å². The molecule has 0 saturated carbocycles. The van der Waals surface area contributed by atoms with E-state index in [1.165, 1.54) is 0 Å². The molecular formula is C10H18ClN3. The molecule has 0 bridgehead atoms. The lowest BCUT2D eigenvalue weighted by Gasteiger charge is -2.10. The van der Waals surface area contributed by atoms with Crippen molar-refractivity contribution in [1.82, 2.24) is 9.78 Å². The van der Waals surface area contributed by atoms with Crippen molar-refractivity contribution in [3.8, 4) is 0 Å². The number of nitrogens with two attached hydrogens (primary N) is 1. The van der Waals surface area contributed by atoms with Crippen LogP contribution in [0.25, 0.3) is 0 Å². The van der Waals surface area contributed by atoms with Gasteiger partial charge in [0.05, 0.1) is 16.4 Å². The molecule has 1 aromatic heterocycles. The summed E-state index contributed by atoms with van der Waals surface area (Å²) in [5, 5.41) is 5.08. The Labute approximate surface area is 90.2 Å². The van der Waals surface area contributed by atoms with Crippen LogP contribution in [0.15, 0.2) is 0 Å². The fraction of sp³-hybridized carbons (Fsp3) is 0.700. The van der Waals surface area contributed by atoms with Gasteiger partial charge in [-0.3, -0.25) is 4.68 Å². The minimum absolute atomic E-state index is 0.562. The predicted octanol–water partition coefficient (Wildman–Crippen LogP) is 1.91. The summed E-state index contributed by atoms with van der Waals surface area (Å²) in [5.74, 6) is 0.562. The monoisotopic (exact) mass is 215 g/mol. The van der Waals surface area contributed by atoms with Gasteiger partial charge in [-0.25, -0.2) is 0 Å². The lowest BCUT2D eigenvalue weighted by molar-refractivity contribution is 0.516. The third kappa shape index (κ3) is 2.49. The smallest absolute Gasteiger partial charge is 0.0847 e. The van der Waals surface area contributed by atoms with Gasteiger partial charge in [0.15, 0.2) is 0 Å². The molecule has 0 aliphatic heterocycles. The third-order valence-electron chi connectivity index (χ3n) is 2.46. The van der Waals surface area contributed by atoms with E-state index >= 15 is 0 Å². The summed E-state index contributed by atoms with van der Waals surface area (Å²) in [6.07, 6.45) is 1.98. The predicted molar refractivity (Wildman–Crippen MR) is 59.5 cm³/mol. The highest BCUT2D eigenvalue weighted by atomic mass is 35.5. The third-order valence-corrected chi connectivity index (χ3v) is 2.95. The van der Waals surface area contributed by atoms with Crippen molar-refractivity contribution in [3.05, 3.63) is 16.4 Å². The Morgan fingerprint density at radius 1 is 1.57 bits per heavy atom. The van der Waals surface area contributed by atoms with E-state index in [0.717, 1.165) is 35.8 Å². The van der Waals surface area contributed by atoms with E-state index in [1.54, 1.807) is 0 Å². The Morgan fingerprint density at radius 2 is 2.21 bits per heavy atom. The molecule has 0 aliphatic carbocycles. The van der Waals surface area contributed by atoms with Gasteiger partial charge in [-0.1, -0.05) is 18.5 Å². The normalized spacial score (nSPS) is 13.2. The number of rotatable bonds is 4. The highest BCUT2D eigenvalue weighted by molar-refractivity contribution is 6.31. The Bertz CT molecular complexity index is 307. The molecule has 2 N–H and O–H groups in total. The molecular weight excluding hydrogens is 198 g/mol. The Kier molecular flexibility index (Phi) is 3.96. The lowest BCUT2D eigenvalue weighted by Crippen LogP contribution is -2.10. The van der Waals surface area contributed by atoms with Crippen molar-refractivity contribution in [2.24, 2.45) is 18.7 Å². The van der Waals surface area contributed by atoms with Crippen molar-refractivity contribution in [2.45, 2.75) is 26.7 Å². The van der Waals surface area contributed by atoms with Crippen LogP contribution in [0.3, 0.4) is 0 Å². The van der Waals surface area contributed by atoms with Gasteiger partial charge in [0, 0.05) is 7.05 Å². The van der Waals surface area contributed by atoms with Crippen LogP contribution in [0, 0.1) is 12.8 Å². The quantitative estimate of drug-likeness (QED) is 0.834. The van der Waals surface area contributed by atoms with Gasteiger partial charge in [0.2, 0.25) is 0 Å². The van der Waals surface area contributed by atoms with E-state index in [1.807, 2.05) is 18.7 Å². The summed E-state index contributed by atoms with van der Waals surface area (Å²) >= 11 is 6.14. The van der Waals surface area contributed by atoms with Crippen LogP contribution in [-0.4, -0.2) is 16.3 Å². The van der Waals surface area contributed by atoms with E-state index in [-0.39, 0.29) is 0 Å². The molecule has 0 radical (unpaired) electrons. The first-order chi connectivity index (χ1) is 6.56. The second kappa shape index (κ2) is 4.80. The molecule has 1 aromatic rings. The molecule has 0 amide bonds. The van der Waals surface area contributed by atoms with E-state index in [4.69, 9.17) is 17.3 Å². The second-order valence-electron chi connectivity index (χ2n) is 3.86. The average Bonchev–Trinajstić information content (AvgIpc) is 2.33. The summed E-state index contributed by atoms with van der Waals surface area (Å²) < 4.78 is 1.87. The Morgan fingerprint density at radius 3 is 2.64 bits per heavy atom. The number of halogens is 1. The molecule has 1 atom stereocenters. The molecule has 1 unspecified atom stereocenters. The maximum absolute atomic E-state index is 6.14. The van der Waals surface area contributed by atoms with Gasteiger partial charge >= 0.3 is 0 Å². The topological polar surface area (TPSA) is 43.8 Å². The summed E-state index contributed by atoms with van der Waals surface area (Å²) in [6, 6.07) is 0. The SMILES string of the molecule is Cc1nn(C)c(CC(C)CCN)c1Cl. The number of aryl methyl sites for hydroxylation is 2. The second-order valence-corrected chi connectivity index (χ2v) is 4.23. The zero-order valence-electron chi connectivity index (χ0n) is 9.05. The zero-order valence-corrected chi connectivity index (χ0v) is 9.80. The zero-order chi connectivity index (χ0) is 10.7. The molecule has 0 fully saturated rings. The number of nitrogens with zero attached hydrogens (tertiary/aromatic N) is 2. The van der Waals surface area contributed by atoms with Gasteiger partial charge in [-0.2, -0.15) is 5.10 Å². The molecule has 0 aliphatic rings. The van der Waals surface area contributed by atoms with Gasteiger partial charge < -0.3 is 5.73 Å². The lowest BCUT2D eigenvalue weighted by atomic mass is 10.0. The summed E-state index contributed by atoms with van der Waals surface area (Å²) in [6.45, 7) is 4.85. The van der Waals surface area contributed by atoms with Crippen LogP contribution in [0.1, 0.15) is 24.7 Å². The van der Waals surface area contributed by atoms with Gasteiger partial charge in [0.25, 0.3) is 0 Å². The molecule has 3 nitrogen and oxygen atoms in total. The highest BCUT2D eigenvalue weighted by Gasteiger charge is 2.13. The number of hydrogen-bond acceptors (Lipinski definition) is 2. The molecule has 0 aromatic carbocycles. The van der Waals surface area contributed by atoms with Crippen LogP contribution >= 0.6 is 11.6 Å². The van der Waals surface area contributed by atoms with Crippen molar-refractivity contribution in [2.75, 3.05) is 6.54 Å². The Balaban J connectivity index is 2.75. The maximum Gasteiger partial charge on any atom is 0.0847 e. The molecule has 1 heterocycles. The van der Waals surface area contributed by atoms with Crippen LogP contribution < -0.4 is 5.73 Å². The fourth-order valence-corrected chi connectivity index (χ4v) is 1.86. The molecule has 1 rings (SSSR count). The standard InChI is InChI=1S/C10H18ClN3/c1-7(4-5-12)6-9-10(11)8(2)13-14(9)3/h7H,4-6,12H2,1-3H3. The van der Waals surface area contributed by atoms with Crippen molar-refractivity contribution >= 4 is 11.6 Å². The molecule has 0 spiro atoms. The van der Waals surface area contributed by atoms with Gasteiger partial charge in [-0.15, -0.1) is 0 Å². The molecule has 14 heavy (non-hydrogen) atoms.